The molecule has 0 atom stereocenters. The molecule has 6 heteroatoms. The van der Waals surface area contributed by atoms with E-state index < -0.39 is 0 Å². The quantitative estimate of drug-likeness (QED) is 0.603. The number of hydrogen-bond acceptors (Lipinski definition) is 3. The van der Waals surface area contributed by atoms with Gasteiger partial charge in [-0.15, -0.1) is 0 Å². The molecule has 0 amide bonds. The number of anilines is 1. The molecule has 1 aliphatic heterocycles. The molecule has 0 bridgehead atoms. The second-order valence-electron chi connectivity index (χ2n) is 3.71. The van der Waals surface area contributed by atoms with Crippen LogP contribution in [0.3, 0.4) is 0 Å². The highest BCUT2D eigenvalue weighted by atomic mass is 79.9. The van der Waals surface area contributed by atoms with Crippen molar-refractivity contribution in [1.82, 2.24) is 0 Å². The molecule has 16 heavy (non-hydrogen) atoms. The van der Waals surface area contributed by atoms with Crippen LogP contribution in [0.2, 0.25) is 0 Å². The summed E-state index contributed by atoms with van der Waals surface area (Å²) in [6.45, 7) is 1.80. The second kappa shape index (κ2) is 4.71. The Morgan fingerprint density at radius 1 is 1.19 bits per heavy atom. The van der Waals surface area contributed by atoms with Gasteiger partial charge in [-0.2, -0.15) is 0 Å². The van der Waals surface area contributed by atoms with Crippen LogP contribution in [-0.2, 0) is 0 Å². The van der Waals surface area contributed by atoms with E-state index in [0.29, 0.717) is 10.2 Å². The summed E-state index contributed by atoms with van der Waals surface area (Å²) >= 11 is 6.67. The largest absolute Gasteiger partial charge is 0.366 e. The molecule has 0 spiro atoms. The zero-order chi connectivity index (χ0) is 11.7. The smallest absolute Gasteiger partial charge is 0.293 e. The van der Waals surface area contributed by atoms with Gasteiger partial charge in [-0.25, -0.2) is 0 Å². The van der Waals surface area contributed by atoms with Gasteiger partial charge < -0.3 is 4.90 Å². The van der Waals surface area contributed by atoms with Gasteiger partial charge in [0.25, 0.3) is 5.69 Å². The van der Waals surface area contributed by atoms with Gasteiger partial charge in [0.1, 0.15) is 5.69 Å². The second-order valence-corrected chi connectivity index (χ2v) is 5.41. The maximum Gasteiger partial charge on any atom is 0.293 e. The minimum atomic E-state index is -0.329. The van der Waals surface area contributed by atoms with E-state index in [-0.39, 0.29) is 10.6 Å². The topological polar surface area (TPSA) is 46.4 Å². The summed E-state index contributed by atoms with van der Waals surface area (Å²) in [4.78, 5) is 12.7. The lowest BCUT2D eigenvalue weighted by molar-refractivity contribution is -0.384. The molecule has 1 heterocycles. The van der Waals surface area contributed by atoms with Crippen LogP contribution in [-0.4, -0.2) is 18.0 Å². The number of nitro benzene ring substituents is 1. The number of hydrogen-bond donors (Lipinski definition) is 0. The fourth-order valence-electron chi connectivity index (χ4n) is 1.88. The first-order chi connectivity index (χ1) is 7.59. The maximum absolute atomic E-state index is 11.0. The Hall–Kier alpha value is -0.620. The highest BCUT2D eigenvalue weighted by Gasteiger charge is 2.23. The van der Waals surface area contributed by atoms with E-state index in [1.54, 1.807) is 6.07 Å². The molecule has 0 N–H and O–H groups in total. The summed E-state index contributed by atoms with van der Waals surface area (Å²) in [7, 11) is 0. The number of nitro groups is 1. The predicted molar refractivity (Wildman–Crippen MR) is 69.9 cm³/mol. The van der Waals surface area contributed by atoms with Crippen LogP contribution in [0.1, 0.15) is 12.8 Å². The van der Waals surface area contributed by atoms with Gasteiger partial charge in [-0.1, -0.05) is 0 Å². The lowest BCUT2D eigenvalue weighted by Gasteiger charge is -2.18. The molecule has 1 fully saturated rings. The molecule has 0 radical (unpaired) electrons. The molecule has 1 aromatic carbocycles. The van der Waals surface area contributed by atoms with Gasteiger partial charge in [-0.3, -0.25) is 10.1 Å². The van der Waals surface area contributed by atoms with Crippen molar-refractivity contribution < 1.29 is 4.92 Å². The fourth-order valence-corrected chi connectivity index (χ4v) is 2.55. The van der Waals surface area contributed by atoms with Gasteiger partial charge >= 0.3 is 0 Å². The number of benzene rings is 1. The number of nitrogens with zero attached hydrogens (tertiary/aromatic N) is 2. The first kappa shape index (κ1) is 11.9. The van der Waals surface area contributed by atoms with Crippen molar-refractivity contribution in [2.24, 2.45) is 0 Å². The third-order valence-corrected chi connectivity index (χ3v) is 4.51. The molecule has 0 saturated carbocycles. The average Bonchev–Trinajstić information content (AvgIpc) is 2.74. The molecular formula is C10H10Br2N2O2. The summed E-state index contributed by atoms with van der Waals surface area (Å²) < 4.78 is 1.56. The normalized spacial score (nSPS) is 15.5. The number of rotatable bonds is 2. The summed E-state index contributed by atoms with van der Waals surface area (Å²) in [6, 6.07) is 3.37. The minimum absolute atomic E-state index is 0.164. The van der Waals surface area contributed by atoms with Crippen molar-refractivity contribution in [2.75, 3.05) is 18.0 Å². The first-order valence-corrected chi connectivity index (χ1v) is 6.56. The van der Waals surface area contributed by atoms with Crippen LogP contribution in [0.4, 0.5) is 11.4 Å². The van der Waals surface area contributed by atoms with Crippen molar-refractivity contribution >= 4 is 43.2 Å². The summed E-state index contributed by atoms with van der Waals surface area (Å²) in [6.07, 6.45) is 2.20. The lowest BCUT2D eigenvalue weighted by Crippen LogP contribution is -2.18. The number of halogens is 2. The van der Waals surface area contributed by atoms with E-state index in [4.69, 9.17) is 0 Å². The fraction of sp³-hybridized carbons (Fsp3) is 0.400. The van der Waals surface area contributed by atoms with E-state index in [1.165, 1.54) is 0 Å². The van der Waals surface area contributed by atoms with Crippen LogP contribution in [0.25, 0.3) is 0 Å². The van der Waals surface area contributed by atoms with Crippen molar-refractivity contribution in [2.45, 2.75) is 12.8 Å². The zero-order valence-corrected chi connectivity index (χ0v) is 11.6. The monoisotopic (exact) mass is 348 g/mol. The van der Waals surface area contributed by atoms with Crippen molar-refractivity contribution in [3.8, 4) is 0 Å². The third-order valence-electron chi connectivity index (χ3n) is 2.66. The van der Waals surface area contributed by atoms with Gasteiger partial charge in [0.2, 0.25) is 0 Å². The Kier molecular flexibility index (Phi) is 3.49. The van der Waals surface area contributed by atoms with E-state index in [2.05, 4.69) is 36.8 Å². The maximum atomic E-state index is 11.0. The third kappa shape index (κ3) is 2.22. The Morgan fingerprint density at radius 2 is 1.75 bits per heavy atom. The van der Waals surface area contributed by atoms with E-state index in [9.17, 15) is 10.1 Å². The SMILES string of the molecule is O=[N+]([O-])c1cc(Br)c(Br)cc1N1CCCC1. The average molecular weight is 350 g/mol. The molecule has 0 aliphatic carbocycles. The van der Waals surface area contributed by atoms with Crippen LogP contribution in [0.5, 0.6) is 0 Å². The van der Waals surface area contributed by atoms with Crippen LogP contribution in [0.15, 0.2) is 21.1 Å². The molecule has 1 aliphatic rings. The van der Waals surface area contributed by atoms with Gasteiger partial charge in [-0.05, 0) is 50.8 Å². The summed E-state index contributed by atoms with van der Waals surface area (Å²) in [5, 5.41) is 11.0. The summed E-state index contributed by atoms with van der Waals surface area (Å²) in [5.41, 5.74) is 0.870. The van der Waals surface area contributed by atoms with E-state index >= 15 is 0 Å². The Labute approximate surface area is 110 Å². The molecule has 1 aromatic rings. The predicted octanol–water partition coefficient (Wildman–Crippen LogP) is 3.72. The molecular weight excluding hydrogens is 340 g/mol. The van der Waals surface area contributed by atoms with Crippen molar-refractivity contribution in [3.63, 3.8) is 0 Å². The van der Waals surface area contributed by atoms with Gasteiger partial charge in [0.05, 0.1) is 4.92 Å². The molecule has 86 valence electrons. The highest BCUT2D eigenvalue weighted by Crippen LogP contribution is 2.37. The Morgan fingerprint density at radius 3 is 2.31 bits per heavy atom. The van der Waals surface area contributed by atoms with Crippen molar-refractivity contribution in [3.05, 3.63) is 31.2 Å². The van der Waals surface area contributed by atoms with Gasteiger partial charge in [0, 0.05) is 28.1 Å². The van der Waals surface area contributed by atoms with Crippen LogP contribution >= 0.6 is 31.9 Å². The lowest BCUT2D eigenvalue weighted by atomic mass is 10.2. The molecule has 4 nitrogen and oxygen atoms in total. The molecule has 1 saturated heterocycles. The standard InChI is InChI=1S/C10H10Br2N2O2/c11-7-5-9(13-3-1-2-4-13)10(14(15)16)6-8(7)12/h5-6H,1-4H2. The first-order valence-electron chi connectivity index (χ1n) is 4.98. The molecule has 0 unspecified atom stereocenters. The Bertz CT molecular complexity index is 431. The minimum Gasteiger partial charge on any atom is -0.366 e. The molecule has 2 rings (SSSR count). The summed E-state index contributed by atoms with van der Waals surface area (Å²) in [5.74, 6) is 0. The molecule has 0 aromatic heterocycles. The van der Waals surface area contributed by atoms with Crippen molar-refractivity contribution in [1.29, 1.82) is 0 Å². The highest BCUT2D eigenvalue weighted by molar-refractivity contribution is 9.13. The van der Waals surface area contributed by atoms with Gasteiger partial charge in [0.15, 0.2) is 0 Å². The Balaban J connectivity index is 2.48. The van der Waals surface area contributed by atoms with Crippen LogP contribution in [0, 0.1) is 10.1 Å². The van der Waals surface area contributed by atoms with E-state index in [1.807, 2.05) is 6.07 Å². The van der Waals surface area contributed by atoms with Crippen LogP contribution < -0.4 is 4.90 Å². The zero-order valence-electron chi connectivity index (χ0n) is 8.45. The van der Waals surface area contributed by atoms with E-state index in [0.717, 1.165) is 30.4 Å².